The summed E-state index contributed by atoms with van der Waals surface area (Å²) in [4.78, 5) is 11.6. The van der Waals surface area contributed by atoms with E-state index in [1.54, 1.807) is 0 Å². The van der Waals surface area contributed by atoms with Crippen molar-refractivity contribution < 1.29 is 9.53 Å². The lowest BCUT2D eigenvalue weighted by molar-refractivity contribution is -0.147. The van der Waals surface area contributed by atoms with Crippen molar-refractivity contribution in [2.75, 3.05) is 6.61 Å². The number of carbonyl (C=O) groups is 1. The van der Waals surface area contributed by atoms with E-state index in [-0.39, 0.29) is 11.9 Å². The molecule has 1 atom stereocenters. The highest BCUT2D eigenvalue weighted by molar-refractivity contribution is 5.75. The number of ether oxygens (including phenoxy) is 1. The molecular weight excluding hydrogens is 226 g/mol. The first-order valence-electron chi connectivity index (χ1n) is 6.69. The summed E-state index contributed by atoms with van der Waals surface area (Å²) in [7, 11) is 0. The molecule has 1 aromatic carbocycles. The van der Waals surface area contributed by atoms with Crippen LogP contribution in [0.2, 0.25) is 0 Å². The van der Waals surface area contributed by atoms with E-state index in [1.807, 2.05) is 18.2 Å². The molecule has 1 fully saturated rings. The van der Waals surface area contributed by atoms with Crippen LogP contribution in [0.15, 0.2) is 30.3 Å². The number of hydrogen-bond acceptors (Lipinski definition) is 2. The molecule has 0 aliphatic heterocycles. The van der Waals surface area contributed by atoms with E-state index < -0.39 is 6.04 Å². The normalized spacial score (nSPS) is 16.9. The third-order valence-electron chi connectivity index (χ3n) is 3.57. The quantitative estimate of drug-likeness (QED) is 0.572. The molecule has 97 valence electrons. The minimum Gasteiger partial charge on any atom is -0.464 e. The van der Waals surface area contributed by atoms with E-state index in [1.165, 1.54) is 5.56 Å². The Morgan fingerprint density at radius 2 is 2.06 bits per heavy atom. The Kier molecular flexibility index (Phi) is 4.76. The van der Waals surface area contributed by atoms with Gasteiger partial charge in [-0.25, -0.2) is 5.73 Å². The van der Waals surface area contributed by atoms with Crippen LogP contribution in [-0.2, 0) is 16.0 Å². The van der Waals surface area contributed by atoms with Crippen LogP contribution in [0, 0.1) is 5.92 Å². The van der Waals surface area contributed by atoms with Crippen molar-refractivity contribution in [1.82, 2.24) is 5.73 Å². The summed E-state index contributed by atoms with van der Waals surface area (Å²) in [6.07, 6.45) is 4.91. The predicted molar refractivity (Wildman–Crippen MR) is 69.9 cm³/mol. The molecule has 0 bridgehead atoms. The highest BCUT2D eigenvalue weighted by Gasteiger charge is 2.31. The van der Waals surface area contributed by atoms with Gasteiger partial charge in [-0.3, -0.25) is 4.79 Å². The van der Waals surface area contributed by atoms with Gasteiger partial charge in [-0.15, -0.1) is 0 Å². The molecular formula is C15H20NO2. The van der Waals surface area contributed by atoms with Crippen LogP contribution in [0.3, 0.4) is 0 Å². The van der Waals surface area contributed by atoms with E-state index in [0.717, 1.165) is 32.1 Å². The highest BCUT2D eigenvalue weighted by atomic mass is 16.5. The van der Waals surface area contributed by atoms with Crippen LogP contribution in [0.1, 0.15) is 31.2 Å². The van der Waals surface area contributed by atoms with Gasteiger partial charge in [0.1, 0.15) is 6.04 Å². The van der Waals surface area contributed by atoms with Crippen LogP contribution in [0.25, 0.3) is 0 Å². The monoisotopic (exact) mass is 246 g/mol. The van der Waals surface area contributed by atoms with Crippen LogP contribution >= 0.6 is 0 Å². The molecule has 2 rings (SSSR count). The predicted octanol–water partition coefficient (Wildman–Crippen LogP) is 2.61. The molecule has 1 unspecified atom stereocenters. The van der Waals surface area contributed by atoms with Crippen molar-refractivity contribution in [3.8, 4) is 0 Å². The van der Waals surface area contributed by atoms with Crippen LogP contribution < -0.4 is 5.73 Å². The molecule has 1 N–H and O–H groups in total. The Morgan fingerprint density at radius 1 is 1.33 bits per heavy atom. The van der Waals surface area contributed by atoms with Gasteiger partial charge >= 0.3 is 5.97 Å². The number of rotatable bonds is 6. The molecule has 1 aromatic rings. The number of nitrogens with one attached hydrogen (secondary N) is 1. The summed E-state index contributed by atoms with van der Waals surface area (Å²) in [5.74, 6) is -0.0978. The summed E-state index contributed by atoms with van der Waals surface area (Å²) in [5, 5.41) is 0. The van der Waals surface area contributed by atoms with Gasteiger partial charge in [0.05, 0.1) is 6.61 Å². The van der Waals surface area contributed by atoms with Crippen molar-refractivity contribution >= 4 is 5.97 Å². The lowest BCUT2D eigenvalue weighted by Crippen LogP contribution is -2.36. The number of benzene rings is 1. The van der Waals surface area contributed by atoms with Gasteiger partial charge < -0.3 is 4.74 Å². The molecule has 1 saturated carbocycles. The first-order chi connectivity index (χ1) is 8.77. The molecule has 0 saturated heterocycles. The zero-order valence-corrected chi connectivity index (χ0v) is 10.6. The average Bonchev–Trinajstić information content (AvgIpc) is 2.33. The maximum atomic E-state index is 11.6. The Balaban J connectivity index is 1.61. The van der Waals surface area contributed by atoms with Gasteiger partial charge in [0.25, 0.3) is 0 Å². The summed E-state index contributed by atoms with van der Waals surface area (Å²) >= 11 is 0. The third-order valence-corrected chi connectivity index (χ3v) is 3.57. The number of aryl methyl sites for hydroxylation is 1. The molecule has 0 heterocycles. The minimum absolute atomic E-state index is 0.242. The molecule has 3 heteroatoms. The highest BCUT2D eigenvalue weighted by Crippen LogP contribution is 2.29. The zero-order chi connectivity index (χ0) is 12.8. The number of carbonyl (C=O) groups excluding carboxylic acids is 1. The Hall–Kier alpha value is -1.35. The fourth-order valence-corrected chi connectivity index (χ4v) is 2.15. The molecule has 18 heavy (non-hydrogen) atoms. The van der Waals surface area contributed by atoms with Crippen molar-refractivity contribution in [1.29, 1.82) is 0 Å². The fraction of sp³-hybridized carbons (Fsp3) is 0.533. The first kappa shape index (κ1) is 13.1. The van der Waals surface area contributed by atoms with Gasteiger partial charge in [0.15, 0.2) is 0 Å². The van der Waals surface area contributed by atoms with Gasteiger partial charge in [-0.1, -0.05) is 36.8 Å². The minimum atomic E-state index is -0.657. The summed E-state index contributed by atoms with van der Waals surface area (Å²) in [5.41, 5.74) is 9.02. The topological polar surface area (TPSA) is 50.1 Å². The van der Waals surface area contributed by atoms with Crippen LogP contribution in [-0.4, -0.2) is 18.6 Å². The van der Waals surface area contributed by atoms with Crippen molar-refractivity contribution in [2.45, 2.75) is 38.1 Å². The average molecular weight is 246 g/mol. The maximum Gasteiger partial charge on any atom is 0.324 e. The second-order valence-electron chi connectivity index (χ2n) is 4.93. The lowest BCUT2D eigenvalue weighted by Gasteiger charge is -2.28. The Morgan fingerprint density at radius 3 is 2.67 bits per heavy atom. The lowest BCUT2D eigenvalue weighted by atomic mass is 9.80. The van der Waals surface area contributed by atoms with E-state index in [4.69, 9.17) is 10.5 Å². The second-order valence-corrected chi connectivity index (χ2v) is 4.93. The Labute approximate surface area is 108 Å². The first-order valence-corrected chi connectivity index (χ1v) is 6.69. The Bertz CT molecular complexity index is 373. The summed E-state index contributed by atoms with van der Waals surface area (Å²) in [6.45, 7) is 0.426. The molecule has 1 aliphatic rings. The molecule has 3 nitrogen and oxygen atoms in total. The van der Waals surface area contributed by atoms with Crippen LogP contribution in [0.5, 0.6) is 0 Å². The smallest absolute Gasteiger partial charge is 0.324 e. The van der Waals surface area contributed by atoms with Gasteiger partial charge in [-0.05, 0) is 37.2 Å². The molecule has 0 spiro atoms. The molecule has 1 radical (unpaired) electrons. The van der Waals surface area contributed by atoms with Gasteiger partial charge in [0.2, 0.25) is 0 Å². The van der Waals surface area contributed by atoms with Gasteiger partial charge in [0, 0.05) is 0 Å². The molecule has 0 amide bonds. The largest absolute Gasteiger partial charge is 0.464 e. The third kappa shape index (κ3) is 3.57. The van der Waals surface area contributed by atoms with Crippen LogP contribution in [0.4, 0.5) is 0 Å². The van der Waals surface area contributed by atoms with E-state index in [2.05, 4.69) is 12.1 Å². The number of hydrogen-bond donors (Lipinski definition) is 0. The van der Waals surface area contributed by atoms with E-state index in [9.17, 15) is 4.79 Å². The van der Waals surface area contributed by atoms with Crippen molar-refractivity contribution in [3.05, 3.63) is 35.9 Å². The van der Waals surface area contributed by atoms with Crippen molar-refractivity contribution in [3.63, 3.8) is 0 Å². The standard InChI is InChI=1S/C15H20NO2/c16-14(13-9-4-10-13)15(17)18-11-5-8-12-6-2-1-3-7-12/h1-3,6-7,13-14,16H,4-5,8-11H2. The maximum absolute atomic E-state index is 11.6. The summed E-state index contributed by atoms with van der Waals surface area (Å²) < 4.78 is 5.16. The fourth-order valence-electron chi connectivity index (χ4n) is 2.15. The number of esters is 1. The van der Waals surface area contributed by atoms with Gasteiger partial charge in [-0.2, -0.15) is 0 Å². The molecule has 1 aliphatic carbocycles. The molecule has 0 aromatic heterocycles. The zero-order valence-electron chi connectivity index (χ0n) is 10.6. The summed E-state index contributed by atoms with van der Waals surface area (Å²) in [6, 6.07) is 9.51. The van der Waals surface area contributed by atoms with E-state index in [0.29, 0.717) is 6.61 Å². The van der Waals surface area contributed by atoms with E-state index >= 15 is 0 Å². The second kappa shape index (κ2) is 6.55. The van der Waals surface area contributed by atoms with Crippen molar-refractivity contribution in [2.24, 2.45) is 5.92 Å². The SMILES string of the molecule is [NH]C(C(=O)OCCCc1ccccc1)C1CCC1.